The van der Waals surface area contributed by atoms with E-state index in [1.54, 1.807) is 6.26 Å². The topological polar surface area (TPSA) is 43.4 Å². The average molecular weight is 326 g/mol. The van der Waals surface area contributed by atoms with E-state index in [1.165, 1.54) is 0 Å². The number of ether oxygens (including phenoxy) is 1. The van der Waals surface area contributed by atoms with Crippen LogP contribution in [-0.2, 0) is 26.3 Å². The van der Waals surface area contributed by atoms with Gasteiger partial charge in [0.05, 0.1) is 11.0 Å². The average Bonchev–Trinajstić information content (AvgIpc) is 2.51. The summed E-state index contributed by atoms with van der Waals surface area (Å²) in [5.74, 6) is 1.55. The molecule has 1 aromatic rings. The Morgan fingerprint density at radius 3 is 2.67 bits per heavy atom. The van der Waals surface area contributed by atoms with Crippen molar-refractivity contribution in [2.75, 3.05) is 23.9 Å². The Morgan fingerprint density at radius 1 is 1.29 bits per heavy atom. The molecule has 1 aromatic carbocycles. The summed E-state index contributed by atoms with van der Waals surface area (Å²) < 4.78 is 29.4. The van der Waals surface area contributed by atoms with E-state index < -0.39 is 26.3 Å². The highest BCUT2D eigenvalue weighted by Gasteiger charge is 2.41. The van der Waals surface area contributed by atoms with Crippen molar-refractivity contribution in [1.82, 2.24) is 0 Å². The summed E-state index contributed by atoms with van der Waals surface area (Å²) in [4.78, 5) is 0. The Labute approximate surface area is 131 Å². The van der Waals surface area contributed by atoms with Gasteiger partial charge in [-0.1, -0.05) is 37.3 Å². The molecule has 1 saturated heterocycles. The Hall–Kier alpha value is -0.940. The molecule has 1 aliphatic rings. The minimum Gasteiger partial charge on any atom is -0.499 e. The lowest BCUT2D eigenvalue weighted by atomic mass is 10.1. The molecule has 0 bridgehead atoms. The summed E-state index contributed by atoms with van der Waals surface area (Å²) in [5, 5.41) is 0. The third kappa shape index (κ3) is 4.04. The van der Waals surface area contributed by atoms with Crippen molar-refractivity contribution in [2.45, 2.75) is 25.0 Å². The van der Waals surface area contributed by atoms with Gasteiger partial charge in [-0.3, -0.25) is 8.42 Å². The molecular formula is C16H22O3S2. The van der Waals surface area contributed by atoms with Crippen molar-refractivity contribution in [2.24, 2.45) is 0 Å². The summed E-state index contributed by atoms with van der Waals surface area (Å²) in [5.41, 5.74) is 2.14. The standard InChI is InChI=1S/C16H22O3S2/c1-3-16(13-20(17)9-10-21(16)18)12-19-11-14(2)15-7-5-4-6-8-15/h4-8,11H,3,9-10,12-13H2,1-2H3/b14-11-. The molecule has 1 heterocycles. The second kappa shape index (κ2) is 7.36. The molecular weight excluding hydrogens is 304 g/mol. The van der Waals surface area contributed by atoms with E-state index in [-0.39, 0.29) is 0 Å². The van der Waals surface area contributed by atoms with Crippen molar-refractivity contribution in [3.8, 4) is 0 Å². The molecule has 0 aliphatic carbocycles. The molecule has 0 radical (unpaired) electrons. The van der Waals surface area contributed by atoms with Gasteiger partial charge in [0.25, 0.3) is 0 Å². The third-order valence-corrected chi connectivity index (χ3v) is 7.95. The highest BCUT2D eigenvalue weighted by molar-refractivity contribution is 7.93. The highest BCUT2D eigenvalue weighted by atomic mass is 32.2. The number of allylic oxidation sites excluding steroid dienone is 1. The molecule has 3 nitrogen and oxygen atoms in total. The highest BCUT2D eigenvalue weighted by Crippen LogP contribution is 2.26. The van der Waals surface area contributed by atoms with Crippen LogP contribution in [0.1, 0.15) is 25.8 Å². The molecule has 5 heteroatoms. The minimum atomic E-state index is -0.964. The van der Waals surface area contributed by atoms with Crippen LogP contribution in [0.25, 0.3) is 5.57 Å². The zero-order chi connectivity index (χ0) is 15.3. The Morgan fingerprint density at radius 2 is 2.00 bits per heavy atom. The van der Waals surface area contributed by atoms with Gasteiger partial charge in [0, 0.05) is 38.9 Å². The van der Waals surface area contributed by atoms with Gasteiger partial charge in [0.15, 0.2) is 0 Å². The van der Waals surface area contributed by atoms with E-state index in [2.05, 4.69) is 0 Å². The van der Waals surface area contributed by atoms with Crippen LogP contribution in [0.5, 0.6) is 0 Å². The first-order valence-electron chi connectivity index (χ1n) is 7.14. The van der Waals surface area contributed by atoms with Gasteiger partial charge in [-0.2, -0.15) is 0 Å². The van der Waals surface area contributed by atoms with E-state index >= 15 is 0 Å². The zero-order valence-corrected chi connectivity index (χ0v) is 14.2. The smallest absolute Gasteiger partial charge is 0.105 e. The van der Waals surface area contributed by atoms with E-state index in [4.69, 9.17) is 4.74 Å². The fourth-order valence-electron chi connectivity index (χ4n) is 2.38. The molecule has 0 spiro atoms. The first kappa shape index (κ1) is 16.4. The molecule has 2 rings (SSSR count). The quantitative estimate of drug-likeness (QED) is 0.782. The lowest BCUT2D eigenvalue weighted by molar-refractivity contribution is 0.216. The molecule has 3 unspecified atom stereocenters. The number of benzene rings is 1. The fourth-order valence-corrected chi connectivity index (χ4v) is 6.62. The molecule has 1 fully saturated rings. The SMILES string of the molecule is CCC1(CO/C=C(/C)c2ccccc2)CS(=O)CCS1=O. The third-order valence-electron chi connectivity index (χ3n) is 3.88. The first-order valence-corrected chi connectivity index (χ1v) is 9.95. The second-order valence-electron chi connectivity index (χ2n) is 5.35. The van der Waals surface area contributed by atoms with Crippen LogP contribution in [-0.4, -0.2) is 37.0 Å². The minimum absolute atomic E-state index is 0.367. The number of hydrogen-bond acceptors (Lipinski definition) is 3. The maximum atomic E-state index is 12.3. The van der Waals surface area contributed by atoms with Crippen molar-refractivity contribution >= 4 is 27.2 Å². The van der Waals surface area contributed by atoms with Crippen LogP contribution in [0, 0.1) is 0 Å². The molecule has 21 heavy (non-hydrogen) atoms. The molecule has 0 saturated carbocycles. The van der Waals surface area contributed by atoms with Crippen molar-refractivity contribution in [3.63, 3.8) is 0 Å². The van der Waals surface area contributed by atoms with Gasteiger partial charge < -0.3 is 4.74 Å². The lowest BCUT2D eigenvalue weighted by Crippen LogP contribution is -2.49. The Balaban J connectivity index is 2.03. The maximum absolute atomic E-state index is 12.3. The largest absolute Gasteiger partial charge is 0.499 e. The van der Waals surface area contributed by atoms with Crippen molar-refractivity contribution in [3.05, 3.63) is 42.2 Å². The summed E-state index contributed by atoms with van der Waals surface area (Å²) in [6, 6.07) is 10.0. The summed E-state index contributed by atoms with van der Waals surface area (Å²) in [6.07, 6.45) is 2.45. The van der Waals surface area contributed by atoms with E-state index in [0.29, 0.717) is 23.9 Å². The molecule has 1 aliphatic heterocycles. The van der Waals surface area contributed by atoms with Crippen LogP contribution in [0.15, 0.2) is 36.6 Å². The molecule has 0 aromatic heterocycles. The van der Waals surface area contributed by atoms with Crippen molar-refractivity contribution < 1.29 is 13.2 Å². The summed E-state index contributed by atoms with van der Waals surface area (Å²) in [6.45, 7) is 4.35. The van der Waals surface area contributed by atoms with E-state index in [9.17, 15) is 8.42 Å². The second-order valence-corrected chi connectivity index (χ2v) is 8.89. The molecule has 0 N–H and O–H groups in total. The first-order chi connectivity index (χ1) is 10.1. The van der Waals surface area contributed by atoms with Crippen LogP contribution >= 0.6 is 0 Å². The molecule has 3 atom stereocenters. The number of rotatable bonds is 5. The summed E-state index contributed by atoms with van der Waals surface area (Å²) >= 11 is 0. The van der Waals surface area contributed by atoms with Gasteiger partial charge in [0.1, 0.15) is 6.61 Å². The lowest BCUT2D eigenvalue weighted by Gasteiger charge is -2.34. The number of hydrogen-bond donors (Lipinski definition) is 0. The van der Waals surface area contributed by atoms with Crippen molar-refractivity contribution in [1.29, 1.82) is 0 Å². The molecule has 0 amide bonds. The maximum Gasteiger partial charge on any atom is 0.105 e. The normalized spacial score (nSPS) is 30.1. The van der Waals surface area contributed by atoms with E-state index in [1.807, 2.05) is 44.2 Å². The molecule has 116 valence electrons. The predicted octanol–water partition coefficient (Wildman–Crippen LogP) is 2.72. The van der Waals surface area contributed by atoms with Crippen LogP contribution in [0.2, 0.25) is 0 Å². The summed E-state index contributed by atoms with van der Waals surface area (Å²) in [7, 11) is -1.84. The fraction of sp³-hybridized carbons (Fsp3) is 0.500. The monoisotopic (exact) mass is 326 g/mol. The van der Waals surface area contributed by atoms with Gasteiger partial charge in [0.2, 0.25) is 0 Å². The van der Waals surface area contributed by atoms with Gasteiger partial charge in [-0.05, 0) is 24.5 Å². The zero-order valence-electron chi connectivity index (χ0n) is 12.5. The van der Waals surface area contributed by atoms with Gasteiger partial charge in [-0.15, -0.1) is 0 Å². The van der Waals surface area contributed by atoms with Crippen LogP contribution in [0.4, 0.5) is 0 Å². The van der Waals surface area contributed by atoms with Crippen LogP contribution in [0.3, 0.4) is 0 Å². The van der Waals surface area contributed by atoms with Gasteiger partial charge in [-0.25, -0.2) is 0 Å². The Bertz CT molecular complexity index is 554. The van der Waals surface area contributed by atoms with Gasteiger partial charge >= 0.3 is 0 Å². The Kier molecular flexibility index (Phi) is 5.76. The van der Waals surface area contributed by atoms with Crippen LogP contribution < -0.4 is 0 Å². The predicted molar refractivity (Wildman–Crippen MR) is 90.0 cm³/mol. The van der Waals surface area contributed by atoms with E-state index in [0.717, 1.165) is 17.6 Å².